The molecule has 0 saturated heterocycles. The van der Waals surface area contributed by atoms with Gasteiger partial charge in [-0.05, 0) is 35.6 Å². The predicted molar refractivity (Wildman–Crippen MR) is 83.0 cm³/mol. The second-order valence-corrected chi connectivity index (χ2v) is 6.07. The van der Waals surface area contributed by atoms with E-state index in [9.17, 15) is 0 Å². The molecule has 0 bridgehead atoms. The number of halogens is 1. The number of benzene rings is 1. The highest BCUT2D eigenvalue weighted by Crippen LogP contribution is 2.32. The van der Waals surface area contributed by atoms with Gasteiger partial charge in [0.2, 0.25) is 0 Å². The quantitative estimate of drug-likeness (QED) is 0.388. The minimum atomic E-state index is 0.0433. The van der Waals surface area contributed by atoms with Crippen LogP contribution in [0.3, 0.4) is 0 Å². The first-order valence-electron chi connectivity index (χ1n) is 6.27. The second kappa shape index (κ2) is 5.34. The molecule has 0 fully saturated rings. The number of rotatable bonds is 2. The van der Waals surface area contributed by atoms with Crippen molar-refractivity contribution in [3.05, 3.63) is 50.7 Å². The molecule has 6 heteroatoms. The Kier molecular flexibility index (Phi) is 3.54. The monoisotopic (exact) mass is 307 g/mol. The molecule has 0 amide bonds. The summed E-state index contributed by atoms with van der Waals surface area (Å²) in [6.07, 6.45) is 1.01. The zero-order chi connectivity index (χ0) is 14.1. The van der Waals surface area contributed by atoms with Gasteiger partial charge in [0.1, 0.15) is 0 Å². The maximum absolute atomic E-state index is 8.95. The normalized spacial score (nSPS) is 15.2. The molecule has 1 aliphatic rings. The Bertz CT molecular complexity index is 668. The van der Waals surface area contributed by atoms with E-state index in [0.29, 0.717) is 10.6 Å². The smallest absolute Gasteiger partial charge is 0.173 e. The van der Waals surface area contributed by atoms with Crippen LogP contribution in [-0.2, 0) is 13.0 Å². The molecular weight excluding hydrogens is 294 g/mol. The lowest BCUT2D eigenvalue weighted by atomic mass is 10.1. The molecule has 0 radical (unpaired) electrons. The Hall–Kier alpha value is -1.72. The largest absolute Gasteiger partial charge is 0.409 e. The SMILES string of the molecule is NC(=NO)c1c(Cl)cccc1N1CCc2sccc2C1. The molecule has 1 aliphatic heterocycles. The molecule has 1 aromatic heterocycles. The lowest BCUT2D eigenvalue weighted by Gasteiger charge is -2.30. The number of thiophene rings is 1. The van der Waals surface area contributed by atoms with Gasteiger partial charge in [0, 0.05) is 23.7 Å². The third-order valence-corrected chi connectivity index (χ3v) is 4.84. The first-order chi connectivity index (χ1) is 9.70. The lowest BCUT2D eigenvalue weighted by Crippen LogP contribution is -2.31. The molecule has 104 valence electrons. The summed E-state index contributed by atoms with van der Waals surface area (Å²) >= 11 is 8.00. The fourth-order valence-electron chi connectivity index (χ4n) is 2.53. The Morgan fingerprint density at radius 1 is 1.40 bits per heavy atom. The molecule has 0 spiro atoms. The van der Waals surface area contributed by atoms with Crippen LogP contribution in [0.4, 0.5) is 5.69 Å². The fraction of sp³-hybridized carbons (Fsp3) is 0.214. The maximum atomic E-state index is 8.95. The molecule has 0 saturated carbocycles. The maximum Gasteiger partial charge on any atom is 0.173 e. The molecule has 0 atom stereocenters. The number of nitrogens with two attached hydrogens (primary N) is 1. The number of fused-ring (bicyclic) bond motifs is 1. The van der Waals surface area contributed by atoms with Gasteiger partial charge in [-0.1, -0.05) is 22.8 Å². The Morgan fingerprint density at radius 3 is 3.05 bits per heavy atom. The number of hydrogen-bond donors (Lipinski definition) is 2. The summed E-state index contributed by atoms with van der Waals surface area (Å²) in [5.74, 6) is 0.0433. The van der Waals surface area contributed by atoms with Crippen LogP contribution in [0.5, 0.6) is 0 Å². The molecule has 3 rings (SSSR count). The Labute approximate surface area is 126 Å². The summed E-state index contributed by atoms with van der Waals surface area (Å²) in [5, 5.41) is 14.7. The number of nitrogens with zero attached hydrogens (tertiary/aromatic N) is 2. The molecule has 3 N–H and O–H groups in total. The van der Waals surface area contributed by atoms with Gasteiger partial charge in [0.15, 0.2) is 5.84 Å². The van der Waals surface area contributed by atoms with Crippen molar-refractivity contribution in [2.24, 2.45) is 10.9 Å². The molecule has 1 aromatic carbocycles. The van der Waals surface area contributed by atoms with Crippen LogP contribution in [0.15, 0.2) is 34.8 Å². The van der Waals surface area contributed by atoms with Crippen molar-refractivity contribution in [2.75, 3.05) is 11.4 Å². The van der Waals surface area contributed by atoms with E-state index in [1.807, 2.05) is 12.1 Å². The van der Waals surface area contributed by atoms with Crippen molar-refractivity contribution in [1.29, 1.82) is 0 Å². The minimum absolute atomic E-state index is 0.0433. The molecule has 0 aliphatic carbocycles. The topological polar surface area (TPSA) is 61.9 Å². The van der Waals surface area contributed by atoms with Crippen LogP contribution in [0.2, 0.25) is 5.02 Å². The molecule has 20 heavy (non-hydrogen) atoms. The van der Waals surface area contributed by atoms with E-state index >= 15 is 0 Å². The van der Waals surface area contributed by atoms with Gasteiger partial charge in [-0.15, -0.1) is 11.3 Å². The van der Waals surface area contributed by atoms with Crippen molar-refractivity contribution < 1.29 is 5.21 Å². The van der Waals surface area contributed by atoms with Crippen molar-refractivity contribution in [2.45, 2.75) is 13.0 Å². The van der Waals surface area contributed by atoms with Crippen LogP contribution in [0.1, 0.15) is 16.0 Å². The van der Waals surface area contributed by atoms with E-state index in [0.717, 1.165) is 25.2 Å². The standard InChI is InChI=1S/C14H14ClN3OS/c15-10-2-1-3-11(13(10)14(16)17-19)18-6-4-12-9(8-18)5-7-20-12/h1-3,5,7,19H,4,6,8H2,(H2,16,17). The second-order valence-electron chi connectivity index (χ2n) is 4.66. The highest BCUT2D eigenvalue weighted by molar-refractivity contribution is 7.10. The number of oxime groups is 1. The van der Waals surface area contributed by atoms with Gasteiger partial charge in [-0.2, -0.15) is 0 Å². The fourth-order valence-corrected chi connectivity index (χ4v) is 3.69. The van der Waals surface area contributed by atoms with E-state index in [1.165, 1.54) is 10.4 Å². The van der Waals surface area contributed by atoms with Crippen LogP contribution < -0.4 is 10.6 Å². The van der Waals surface area contributed by atoms with Gasteiger partial charge in [0.25, 0.3) is 0 Å². The van der Waals surface area contributed by atoms with Gasteiger partial charge in [0.05, 0.1) is 10.6 Å². The molecular formula is C14H14ClN3OS. The lowest BCUT2D eigenvalue weighted by molar-refractivity contribution is 0.318. The number of hydrogen-bond acceptors (Lipinski definition) is 4. The van der Waals surface area contributed by atoms with Crippen LogP contribution >= 0.6 is 22.9 Å². The highest BCUT2D eigenvalue weighted by Gasteiger charge is 2.22. The molecule has 2 heterocycles. The zero-order valence-electron chi connectivity index (χ0n) is 10.7. The number of anilines is 1. The van der Waals surface area contributed by atoms with E-state index in [4.69, 9.17) is 22.5 Å². The molecule has 2 aromatic rings. The van der Waals surface area contributed by atoms with Gasteiger partial charge in [-0.25, -0.2) is 0 Å². The highest BCUT2D eigenvalue weighted by atomic mass is 35.5. The van der Waals surface area contributed by atoms with Gasteiger partial charge in [-0.3, -0.25) is 0 Å². The van der Waals surface area contributed by atoms with E-state index in [1.54, 1.807) is 17.4 Å². The average molecular weight is 308 g/mol. The summed E-state index contributed by atoms with van der Waals surface area (Å²) in [4.78, 5) is 3.66. The van der Waals surface area contributed by atoms with Gasteiger partial charge < -0.3 is 15.8 Å². The van der Waals surface area contributed by atoms with E-state index in [2.05, 4.69) is 21.5 Å². The van der Waals surface area contributed by atoms with Gasteiger partial charge >= 0.3 is 0 Å². The summed E-state index contributed by atoms with van der Waals surface area (Å²) in [5.41, 5.74) is 8.61. The van der Waals surface area contributed by atoms with Crippen LogP contribution in [0.25, 0.3) is 0 Å². The van der Waals surface area contributed by atoms with Crippen LogP contribution in [0, 0.1) is 0 Å². The van der Waals surface area contributed by atoms with Crippen LogP contribution in [-0.4, -0.2) is 17.6 Å². The molecule has 0 unspecified atom stereocenters. The third-order valence-electron chi connectivity index (χ3n) is 3.50. The first-order valence-corrected chi connectivity index (χ1v) is 7.53. The molecule has 4 nitrogen and oxygen atoms in total. The van der Waals surface area contributed by atoms with Crippen molar-refractivity contribution in [3.63, 3.8) is 0 Å². The zero-order valence-corrected chi connectivity index (χ0v) is 12.3. The summed E-state index contributed by atoms with van der Waals surface area (Å²) in [6, 6.07) is 7.74. The van der Waals surface area contributed by atoms with Crippen molar-refractivity contribution in [1.82, 2.24) is 0 Å². The summed E-state index contributed by atoms with van der Waals surface area (Å²) in [6.45, 7) is 1.73. The van der Waals surface area contributed by atoms with E-state index < -0.39 is 0 Å². The number of amidine groups is 1. The predicted octanol–water partition coefficient (Wildman–Crippen LogP) is 3.06. The van der Waals surface area contributed by atoms with Crippen molar-refractivity contribution >= 4 is 34.5 Å². The average Bonchev–Trinajstić information content (AvgIpc) is 2.93. The minimum Gasteiger partial charge on any atom is -0.409 e. The first kappa shape index (κ1) is 13.3. The third kappa shape index (κ3) is 2.23. The summed E-state index contributed by atoms with van der Waals surface area (Å²) in [7, 11) is 0. The Morgan fingerprint density at radius 2 is 2.25 bits per heavy atom. The Balaban J connectivity index is 2.02. The summed E-state index contributed by atoms with van der Waals surface area (Å²) < 4.78 is 0. The van der Waals surface area contributed by atoms with E-state index in [-0.39, 0.29) is 5.84 Å². The van der Waals surface area contributed by atoms with Crippen molar-refractivity contribution in [3.8, 4) is 0 Å².